The highest BCUT2D eigenvalue weighted by molar-refractivity contribution is 6.09. The van der Waals surface area contributed by atoms with Crippen LogP contribution in [0.4, 0.5) is 0 Å². The minimum absolute atomic E-state index is 0.208. The van der Waals surface area contributed by atoms with E-state index in [1.165, 1.54) is 12.0 Å². The molecular formula is C30H28N2O6. The van der Waals surface area contributed by atoms with Gasteiger partial charge in [0.15, 0.2) is 11.5 Å². The van der Waals surface area contributed by atoms with E-state index in [4.69, 9.17) is 14.2 Å². The van der Waals surface area contributed by atoms with Gasteiger partial charge in [0.2, 0.25) is 18.6 Å². The second kappa shape index (κ2) is 9.29. The number of carbonyl (C=O) groups excluding carboxylic acids is 3. The normalized spacial score (nSPS) is 25.5. The Morgan fingerprint density at radius 3 is 2.39 bits per heavy atom. The van der Waals surface area contributed by atoms with Crippen molar-refractivity contribution in [3.8, 4) is 22.6 Å². The van der Waals surface area contributed by atoms with E-state index in [2.05, 4.69) is 5.32 Å². The molecule has 38 heavy (non-hydrogen) atoms. The number of hydrogen-bond donors (Lipinski definition) is 1. The Morgan fingerprint density at radius 1 is 0.974 bits per heavy atom. The molecule has 3 aliphatic heterocycles. The zero-order valence-corrected chi connectivity index (χ0v) is 21.2. The van der Waals surface area contributed by atoms with Gasteiger partial charge in [-0.05, 0) is 41.3 Å². The highest BCUT2D eigenvalue weighted by Gasteiger charge is 2.68. The number of carbonyl (C=O) groups is 3. The predicted molar refractivity (Wildman–Crippen MR) is 138 cm³/mol. The van der Waals surface area contributed by atoms with Crippen LogP contribution in [-0.4, -0.2) is 48.7 Å². The largest absolute Gasteiger partial charge is 0.468 e. The Bertz CT molecular complexity index is 1410. The molecular weight excluding hydrogens is 484 g/mol. The summed E-state index contributed by atoms with van der Waals surface area (Å²) in [5.41, 5.74) is 2.25. The second-order valence-corrected chi connectivity index (χ2v) is 9.86. The number of methoxy groups -OCH3 is 1. The Morgan fingerprint density at radius 2 is 1.68 bits per heavy atom. The van der Waals surface area contributed by atoms with Crippen LogP contribution in [0.15, 0.2) is 72.8 Å². The number of nitrogens with one attached hydrogen (secondary N) is 1. The Labute approximate surface area is 220 Å². The fraction of sp³-hybridized carbons (Fsp3) is 0.300. The maximum absolute atomic E-state index is 13.6. The maximum atomic E-state index is 13.6. The summed E-state index contributed by atoms with van der Waals surface area (Å²) in [6.07, 6.45) is 0.226. The molecule has 1 N–H and O–H groups in total. The average Bonchev–Trinajstić information content (AvgIpc) is 3.62. The molecule has 3 aromatic rings. The molecule has 2 amide bonds. The van der Waals surface area contributed by atoms with Gasteiger partial charge >= 0.3 is 5.97 Å². The lowest BCUT2D eigenvalue weighted by atomic mass is 9.76. The molecule has 3 aromatic carbocycles. The molecule has 6 rings (SSSR count). The van der Waals surface area contributed by atoms with Gasteiger partial charge in [-0.15, -0.1) is 0 Å². The SMILES string of the molecule is CCN1C(=O)C2C(c3ccc(-c4ccc5c(c4)OCO5)cc3)N[C@@](Cc3ccccc3)(C(=O)OC)C2C1=O. The van der Waals surface area contributed by atoms with Gasteiger partial charge in [-0.3, -0.25) is 24.6 Å². The van der Waals surface area contributed by atoms with E-state index >= 15 is 0 Å². The van der Waals surface area contributed by atoms with Crippen molar-refractivity contribution >= 4 is 17.8 Å². The molecule has 194 valence electrons. The van der Waals surface area contributed by atoms with E-state index < -0.39 is 29.4 Å². The van der Waals surface area contributed by atoms with Crippen molar-refractivity contribution < 1.29 is 28.6 Å². The van der Waals surface area contributed by atoms with Gasteiger partial charge in [-0.2, -0.15) is 0 Å². The first-order chi connectivity index (χ1) is 18.5. The summed E-state index contributed by atoms with van der Waals surface area (Å²) >= 11 is 0. The fourth-order valence-electron chi connectivity index (χ4n) is 6.14. The molecule has 0 aliphatic carbocycles. The molecule has 8 heteroatoms. The molecule has 3 aliphatic rings. The van der Waals surface area contributed by atoms with Crippen molar-refractivity contribution in [1.82, 2.24) is 10.2 Å². The molecule has 2 fully saturated rings. The molecule has 2 saturated heterocycles. The van der Waals surface area contributed by atoms with E-state index in [1.54, 1.807) is 6.92 Å². The third kappa shape index (κ3) is 3.67. The summed E-state index contributed by atoms with van der Waals surface area (Å²) in [7, 11) is 1.32. The summed E-state index contributed by atoms with van der Waals surface area (Å²) in [5.74, 6) is -1.33. The van der Waals surface area contributed by atoms with Crippen LogP contribution >= 0.6 is 0 Å². The third-order valence-corrected chi connectivity index (χ3v) is 7.91. The van der Waals surface area contributed by atoms with Gasteiger partial charge in [0, 0.05) is 19.0 Å². The number of imide groups is 1. The number of benzene rings is 3. The van der Waals surface area contributed by atoms with Crippen LogP contribution in [0, 0.1) is 11.8 Å². The number of ether oxygens (including phenoxy) is 3. The number of nitrogens with zero attached hydrogens (tertiary/aromatic N) is 1. The number of likely N-dealkylation sites (tertiary alicyclic amines) is 1. The smallest absolute Gasteiger partial charge is 0.327 e. The summed E-state index contributed by atoms with van der Waals surface area (Å²) in [5, 5.41) is 3.44. The second-order valence-electron chi connectivity index (χ2n) is 9.86. The van der Waals surface area contributed by atoms with Crippen molar-refractivity contribution in [2.24, 2.45) is 11.8 Å². The van der Waals surface area contributed by atoms with E-state index in [0.717, 1.165) is 22.3 Å². The minimum Gasteiger partial charge on any atom is -0.468 e. The van der Waals surface area contributed by atoms with Crippen LogP contribution in [0.2, 0.25) is 0 Å². The van der Waals surface area contributed by atoms with Crippen LogP contribution in [-0.2, 0) is 25.5 Å². The van der Waals surface area contributed by atoms with Crippen LogP contribution in [0.5, 0.6) is 11.5 Å². The zero-order chi connectivity index (χ0) is 26.4. The molecule has 0 radical (unpaired) electrons. The van der Waals surface area contributed by atoms with Crippen LogP contribution in [0.25, 0.3) is 11.1 Å². The van der Waals surface area contributed by atoms with Gasteiger partial charge in [-0.1, -0.05) is 60.7 Å². The van der Waals surface area contributed by atoms with Crippen molar-refractivity contribution in [2.75, 3.05) is 20.4 Å². The Hall–Kier alpha value is -4.17. The number of rotatable bonds is 6. The lowest BCUT2D eigenvalue weighted by Crippen LogP contribution is -2.57. The molecule has 8 nitrogen and oxygen atoms in total. The van der Waals surface area contributed by atoms with Gasteiger partial charge in [0.25, 0.3) is 0 Å². The van der Waals surface area contributed by atoms with E-state index in [0.29, 0.717) is 11.5 Å². The number of hydrogen-bond acceptors (Lipinski definition) is 7. The maximum Gasteiger partial charge on any atom is 0.327 e. The van der Waals surface area contributed by atoms with Crippen molar-refractivity contribution in [3.63, 3.8) is 0 Å². The summed E-state index contributed by atoms with van der Waals surface area (Å²) in [6.45, 7) is 2.24. The molecule has 0 saturated carbocycles. The van der Waals surface area contributed by atoms with E-state index in [1.807, 2.05) is 72.8 Å². The predicted octanol–water partition coefficient (Wildman–Crippen LogP) is 3.50. The topological polar surface area (TPSA) is 94.2 Å². The lowest BCUT2D eigenvalue weighted by Gasteiger charge is -2.32. The Kier molecular flexibility index (Phi) is 5.91. The van der Waals surface area contributed by atoms with Crippen molar-refractivity contribution in [3.05, 3.63) is 83.9 Å². The molecule has 0 spiro atoms. The van der Waals surface area contributed by atoms with E-state index in [-0.39, 0.29) is 31.6 Å². The summed E-state index contributed by atoms with van der Waals surface area (Å²) < 4.78 is 16.2. The van der Waals surface area contributed by atoms with Crippen LogP contribution in [0.1, 0.15) is 24.1 Å². The number of fused-ring (bicyclic) bond motifs is 2. The Balaban J connectivity index is 1.40. The first-order valence-corrected chi connectivity index (χ1v) is 12.7. The highest BCUT2D eigenvalue weighted by Crippen LogP contribution is 2.50. The van der Waals surface area contributed by atoms with E-state index in [9.17, 15) is 14.4 Å². The molecule has 4 atom stereocenters. The fourth-order valence-corrected chi connectivity index (χ4v) is 6.14. The number of esters is 1. The monoisotopic (exact) mass is 512 g/mol. The minimum atomic E-state index is -1.38. The first-order valence-electron chi connectivity index (χ1n) is 12.7. The molecule has 0 bridgehead atoms. The zero-order valence-electron chi connectivity index (χ0n) is 21.2. The standard InChI is InChI=1S/C30H28N2O6/c1-3-32-27(33)24-25(28(32)34)30(29(35)36-2,16-18-7-5-4-6-8-18)31-26(24)20-11-9-19(10-12-20)21-13-14-22-23(15-21)38-17-37-22/h4-15,24-26,31H,3,16-17H2,1-2H3/t24?,25?,26?,30-/m1/s1. The molecule has 3 heterocycles. The van der Waals surface area contributed by atoms with Crippen LogP contribution in [0.3, 0.4) is 0 Å². The quantitative estimate of drug-likeness (QED) is 0.399. The van der Waals surface area contributed by atoms with Crippen molar-refractivity contribution in [2.45, 2.75) is 24.9 Å². The average molecular weight is 513 g/mol. The third-order valence-electron chi connectivity index (χ3n) is 7.91. The van der Waals surface area contributed by atoms with Crippen molar-refractivity contribution in [1.29, 1.82) is 0 Å². The van der Waals surface area contributed by atoms with Gasteiger partial charge < -0.3 is 14.2 Å². The van der Waals surface area contributed by atoms with Gasteiger partial charge in [0.1, 0.15) is 5.54 Å². The number of amides is 2. The molecule has 0 aromatic heterocycles. The van der Waals surface area contributed by atoms with Crippen LogP contribution < -0.4 is 14.8 Å². The van der Waals surface area contributed by atoms with Gasteiger partial charge in [-0.25, -0.2) is 0 Å². The lowest BCUT2D eigenvalue weighted by molar-refractivity contribution is -0.154. The summed E-state index contributed by atoms with van der Waals surface area (Å²) in [4.78, 5) is 41.9. The first kappa shape index (κ1) is 24.2. The molecule has 3 unspecified atom stereocenters. The summed E-state index contributed by atoms with van der Waals surface area (Å²) in [6, 6.07) is 22.6. The van der Waals surface area contributed by atoms with Gasteiger partial charge in [0.05, 0.1) is 18.9 Å². The highest BCUT2D eigenvalue weighted by atomic mass is 16.7.